The molecule has 3 nitrogen and oxygen atoms in total. The minimum Gasteiger partial charge on any atom is -0.481 e. The van der Waals surface area contributed by atoms with Crippen molar-refractivity contribution >= 4 is 29.5 Å². The molecule has 0 aliphatic rings. The molecule has 0 amide bonds. The largest absolute Gasteiger partial charge is 0.481 e. The number of carboxylic acid groups (broad SMARTS) is 1. The summed E-state index contributed by atoms with van der Waals surface area (Å²) in [6.45, 7) is 2.07. The number of benzene rings is 1. The van der Waals surface area contributed by atoms with Crippen molar-refractivity contribution in [3.63, 3.8) is 0 Å². The van der Waals surface area contributed by atoms with Crippen molar-refractivity contribution in [1.82, 2.24) is 4.98 Å². The maximum atomic E-state index is 14.4. The number of halogens is 2. The molecule has 2 aromatic rings. The van der Waals surface area contributed by atoms with E-state index in [0.29, 0.717) is 24.2 Å². The van der Waals surface area contributed by atoms with Gasteiger partial charge in [0.2, 0.25) is 0 Å². The van der Waals surface area contributed by atoms with Crippen molar-refractivity contribution in [3.05, 3.63) is 42.1 Å². The van der Waals surface area contributed by atoms with Gasteiger partial charge in [0, 0.05) is 18.2 Å². The summed E-state index contributed by atoms with van der Waals surface area (Å²) >= 11 is 2.65. The van der Waals surface area contributed by atoms with Crippen LogP contribution in [0, 0.1) is 11.6 Å². The summed E-state index contributed by atoms with van der Waals surface area (Å²) in [7, 11) is 0. The molecule has 1 aromatic carbocycles. The molecule has 0 unspecified atom stereocenters. The Kier molecular flexibility index (Phi) is 8.38. The Balaban J connectivity index is 2.13. The van der Waals surface area contributed by atoms with Crippen LogP contribution >= 0.6 is 23.5 Å². The highest BCUT2D eigenvalue weighted by molar-refractivity contribution is 7.99. The molecular formula is C19H21F2NO2S2. The molecule has 1 aromatic heterocycles. The second-order valence-electron chi connectivity index (χ2n) is 5.67. The number of pyridine rings is 1. The second kappa shape index (κ2) is 10.5. The van der Waals surface area contributed by atoms with Crippen LogP contribution in [0.3, 0.4) is 0 Å². The maximum absolute atomic E-state index is 14.4. The van der Waals surface area contributed by atoms with Crippen molar-refractivity contribution in [2.45, 2.75) is 42.5 Å². The molecule has 140 valence electrons. The molecule has 0 bridgehead atoms. The number of rotatable bonds is 10. The number of hydrogen-bond donors (Lipinski definition) is 1. The van der Waals surface area contributed by atoms with E-state index in [2.05, 4.69) is 11.9 Å². The number of unbranched alkanes of at least 4 members (excludes halogenated alkanes) is 1. The predicted molar refractivity (Wildman–Crippen MR) is 103 cm³/mol. The highest BCUT2D eigenvalue weighted by atomic mass is 32.2. The summed E-state index contributed by atoms with van der Waals surface area (Å²) in [6, 6.07) is 6.26. The Labute approximate surface area is 160 Å². The fourth-order valence-electron chi connectivity index (χ4n) is 2.33. The minimum atomic E-state index is -0.857. The van der Waals surface area contributed by atoms with E-state index in [0.717, 1.165) is 34.5 Å². The monoisotopic (exact) mass is 397 g/mol. The van der Waals surface area contributed by atoms with Crippen LogP contribution in [-0.4, -0.2) is 27.6 Å². The summed E-state index contributed by atoms with van der Waals surface area (Å²) < 4.78 is 28.9. The molecule has 0 fully saturated rings. The van der Waals surface area contributed by atoms with Gasteiger partial charge < -0.3 is 5.11 Å². The normalized spacial score (nSPS) is 10.9. The number of thioether (sulfide) groups is 2. The standard InChI is InChI=1S/C19H21F2NO2S2/c1-2-9-26-19-14(6-5-8-22-19)13-11-15(20)18(16(21)12-13)25-10-4-3-7-17(23)24/h5-6,8,11-12H,2-4,7,9-10H2,1H3,(H,23,24). The van der Waals surface area contributed by atoms with Crippen molar-refractivity contribution in [2.24, 2.45) is 0 Å². The molecule has 0 saturated heterocycles. The van der Waals surface area contributed by atoms with Crippen molar-refractivity contribution in [2.75, 3.05) is 11.5 Å². The van der Waals surface area contributed by atoms with E-state index in [1.54, 1.807) is 24.0 Å². The summed E-state index contributed by atoms with van der Waals surface area (Å²) in [5, 5.41) is 9.37. The Bertz CT molecular complexity index is 733. The fraction of sp³-hybridized carbons (Fsp3) is 0.368. The van der Waals surface area contributed by atoms with Crippen LogP contribution in [0.4, 0.5) is 8.78 Å². The average molecular weight is 398 g/mol. The molecule has 0 radical (unpaired) electrons. The molecule has 0 atom stereocenters. The quantitative estimate of drug-likeness (QED) is 0.401. The summed E-state index contributed by atoms with van der Waals surface area (Å²) in [5.41, 5.74) is 1.20. The van der Waals surface area contributed by atoms with Crippen LogP contribution in [-0.2, 0) is 4.79 Å². The maximum Gasteiger partial charge on any atom is 0.303 e. The number of nitrogens with zero attached hydrogens (tertiary/aromatic N) is 1. The van der Waals surface area contributed by atoms with E-state index in [4.69, 9.17) is 5.11 Å². The molecule has 0 saturated carbocycles. The summed E-state index contributed by atoms with van der Waals surface area (Å²) in [6.07, 6.45) is 3.83. The van der Waals surface area contributed by atoms with E-state index in [-0.39, 0.29) is 11.3 Å². The lowest BCUT2D eigenvalue weighted by molar-refractivity contribution is -0.137. The topological polar surface area (TPSA) is 50.2 Å². The number of aromatic nitrogens is 1. The Hall–Kier alpha value is -1.60. The fourth-order valence-corrected chi connectivity index (χ4v) is 4.15. The van der Waals surface area contributed by atoms with Crippen molar-refractivity contribution < 1.29 is 18.7 Å². The highest BCUT2D eigenvalue weighted by Gasteiger charge is 2.15. The Morgan fingerprint density at radius 3 is 2.54 bits per heavy atom. The lowest BCUT2D eigenvalue weighted by Crippen LogP contribution is -1.96. The third-order valence-corrected chi connectivity index (χ3v) is 5.94. The zero-order chi connectivity index (χ0) is 18.9. The van der Waals surface area contributed by atoms with E-state index in [1.165, 1.54) is 12.1 Å². The first-order chi connectivity index (χ1) is 12.5. The molecule has 7 heteroatoms. The summed E-state index contributed by atoms with van der Waals surface area (Å²) in [4.78, 5) is 14.8. The SMILES string of the molecule is CCCSc1ncccc1-c1cc(F)c(SCCCCC(=O)O)c(F)c1. The van der Waals surface area contributed by atoms with Crippen LogP contribution in [0.2, 0.25) is 0 Å². The van der Waals surface area contributed by atoms with Gasteiger partial charge in [0.25, 0.3) is 0 Å². The molecule has 26 heavy (non-hydrogen) atoms. The lowest BCUT2D eigenvalue weighted by atomic mass is 10.1. The predicted octanol–water partition coefficient (Wildman–Crippen LogP) is 5.88. The average Bonchev–Trinajstić information content (AvgIpc) is 2.61. The van der Waals surface area contributed by atoms with Gasteiger partial charge in [0.05, 0.1) is 4.90 Å². The number of hydrogen-bond acceptors (Lipinski definition) is 4. The van der Waals surface area contributed by atoms with Gasteiger partial charge in [-0.05, 0) is 54.5 Å². The first-order valence-corrected chi connectivity index (χ1v) is 10.4. The van der Waals surface area contributed by atoms with Crippen LogP contribution in [0.15, 0.2) is 40.4 Å². The molecule has 1 heterocycles. The Morgan fingerprint density at radius 2 is 1.88 bits per heavy atom. The number of carboxylic acids is 1. The van der Waals surface area contributed by atoms with Gasteiger partial charge in [0.15, 0.2) is 0 Å². The van der Waals surface area contributed by atoms with Crippen LogP contribution in [0.25, 0.3) is 11.1 Å². The van der Waals surface area contributed by atoms with Crippen molar-refractivity contribution in [3.8, 4) is 11.1 Å². The lowest BCUT2D eigenvalue weighted by Gasteiger charge is -2.11. The molecule has 0 spiro atoms. The van der Waals surface area contributed by atoms with E-state index in [1.807, 2.05) is 6.07 Å². The van der Waals surface area contributed by atoms with Crippen LogP contribution in [0.1, 0.15) is 32.6 Å². The van der Waals surface area contributed by atoms with Crippen molar-refractivity contribution in [1.29, 1.82) is 0 Å². The van der Waals surface area contributed by atoms with Gasteiger partial charge in [-0.25, -0.2) is 13.8 Å². The first-order valence-electron chi connectivity index (χ1n) is 8.44. The van der Waals surface area contributed by atoms with Crippen LogP contribution < -0.4 is 0 Å². The second-order valence-corrected chi connectivity index (χ2v) is 7.86. The first kappa shape index (κ1) is 20.7. The summed E-state index contributed by atoms with van der Waals surface area (Å²) in [5.74, 6) is -0.688. The van der Waals surface area contributed by atoms with E-state index in [9.17, 15) is 13.6 Å². The highest BCUT2D eigenvalue weighted by Crippen LogP contribution is 2.34. The zero-order valence-electron chi connectivity index (χ0n) is 14.5. The van der Waals surface area contributed by atoms with Gasteiger partial charge >= 0.3 is 5.97 Å². The van der Waals surface area contributed by atoms with Gasteiger partial charge in [-0.3, -0.25) is 4.79 Å². The van der Waals surface area contributed by atoms with E-state index >= 15 is 0 Å². The van der Waals surface area contributed by atoms with Gasteiger partial charge in [-0.1, -0.05) is 13.0 Å². The smallest absolute Gasteiger partial charge is 0.303 e. The van der Waals surface area contributed by atoms with Gasteiger partial charge in [0.1, 0.15) is 16.7 Å². The molecule has 1 N–H and O–H groups in total. The molecule has 0 aliphatic heterocycles. The minimum absolute atomic E-state index is 0.0178. The van der Waals surface area contributed by atoms with Gasteiger partial charge in [-0.15, -0.1) is 23.5 Å². The number of carbonyl (C=O) groups is 1. The third kappa shape index (κ3) is 5.99. The Morgan fingerprint density at radius 1 is 1.15 bits per heavy atom. The third-order valence-electron chi connectivity index (χ3n) is 3.55. The van der Waals surface area contributed by atoms with E-state index < -0.39 is 17.6 Å². The van der Waals surface area contributed by atoms with Gasteiger partial charge in [-0.2, -0.15) is 0 Å². The number of aliphatic carboxylic acids is 1. The molecular weight excluding hydrogens is 376 g/mol. The van der Waals surface area contributed by atoms with Crippen LogP contribution in [0.5, 0.6) is 0 Å². The molecule has 0 aliphatic carbocycles. The zero-order valence-corrected chi connectivity index (χ0v) is 16.1. The molecule has 2 rings (SSSR count).